The fraction of sp³-hybridized carbons (Fsp3) is 0.583. The van der Waals surface area contributed by atoms with Crippen molar-refractivity contribution < 1.29 is 9.18 Å². The molecule has 1 aromatic heterocycles. The van der Waals surface area contributed by atoms with Gasteiger partial charge in [0.05, 0.1) is 5.69 Å². The largest absolute Gasteiger partial charge is 0.359 e. The number of nitrogens with one attached hydrogen (secondary N) is 1. The average molecular weight is 417 g/mol. The molecular formula is C24H33FN2OS. The zero-order valence-corrected chi connectivity index (χ0v) is 18.7. The lowest BCUT2D eigenvalue weighted by Gasteiger charge is -2.25. The summed E-state index contributed by atoms with van der Waals surface area (Å²) in [4.78, 5) is 17.8. The summed E-state index contributed by atoms with van der Waals surface area (Å²) in [6.45, 7) is 5.86. The number of nitrogens with zero attached hydrogens (tertiary/aromatic N) is 1. The number of thiazole rings is 1. The number of carbonyl (C=O) groups excluding carboxylic acids is 1. The molecule has 0 radical (unpaired) electrons. The molecule has 29 heavy (non-hydrogen) atoms. The number of aromatic nitrogens is 1. The van der Waals surface area contributed by atoms with Crippen molar-refractivity contribution in [3.63, 3.8) is 0 Å². The minimum absolute atomic E-state index is 0.200. The number of benzene rings is 1. The SMILES string of the molecule is CC(C)(C)C(=O)C(CCCc1csc(NC2CCCCC2)n1)c1ccc(F)cc1. The Bertz CT molecular complexity index is 788. The monoisotopic (exact) mass is 416 g/mol. The smallest absolute Gasteiger partial charge is 0.183 e. The summed E-state index contributed by atoms with van der Waals surface area (Å²) in [5.41, 5.74) is 1.58. The lowest BCUT2D eigenvalue weighted by Crippen LogP contribution is -2.27. The maximum Gasteiger partial charge on any atom is 0.183 e. The van der Waals surface area contributed by atoms with Crippen molar-refractivity contribution in [2.45, 2.75) is 84.1 Å². The molecule has 1 unspecified atom stereocenters. The Labute approximate surface area is 178 Å². The molecule has 1 aliphatic rings. The molecular weight excluding hydrogens is 383 g/mol. The summed E-state index contributed by atoms with van der Waals surface area (Å²) in [5.74, 6) is -0.257. The molecule has 5 heteroatoms. The van der Waals surface area contributed by atoms with E-state index in [2.05, 4.69) is 10.7 Å². The van der Waals surface area contributed by atoms with Crippen LogP contribution in [0.5, 0.6) is 0 Å². The van der Waals surface area contributed by atoms with Crippen molar-refractivity contribution in [2.75, 3.05) is 5.32 Å². The highest BCUT2D eigenvalue weighted by Gasteiger charge is 2.30. The van der Waals surface area contributed by atoms with Crippen LogP contribution in [0.3, 0.4) is 0 Å². The molecule has 1 fully saturated rings. The van der Waals surface area contributed by atoms with E-state index < -0.39 is 5.41 Å². The Kier molecular flexibility index (Phi) is 7.44. The van der Waals surface area contributed by atoms with Gasteiger partial charge in [-0.05, 0) is 49.8 Å². The summed E-state index contributed by atoms with van der Waals surface area (Å²) in [5, 5.41) is 6.74. The Hall–Kier alpha value is -1.75. The Balaban J connectivity index is 1.58. The molecule has 158 valence electrons. The number of hydrogen-bond acceptors (Lipinski definition) is 4. The number of ketones is 1. The fourth-order valence-corrected chi connectivity index (χ4v) is 4.89. The summed E-state index contributed by atoms with van der Waals surface area (Å²) in [6.07, 6.45) is 8.94. The maximum atomic E-state index is 13.3. The molecule has 1 heterocycles. The third kappa shape index (κ3) is 6.36. The third-order valence-corrected chi connectivity index (χ3v) is 6.56. The van der Waals surface area contributed by atoms with Crippen molar-refractivity contribution in [1.82, 2.24) is 4.98 Å². The van der Waals surface area contributed by atoms with Gasteiger partial charge in [0.15, 0.2) is 5.13 Å². The number of rotatable bonds is 8. The topological polar surface area (TPSA) is 42.0 Å². The molecule has 2 aromatic rings. The van der Waals surface area contributed by atoms with Gasteiger partial charge < -0.3 is 5.32 Å². The lowest BCUT2D eigenvalue weighted by atomic mass is 9.77. The van der Waals surface area contributed by atoms with Crippen LogP contribution in [0.2, 0.25) is 0 Å². The van der Waals surface area contributed by atoms with E-state index in [0.29, 0.717) is 6.04 Å². The quantitative estimate of drug-likeness (QED) is 0.517. The second-order valence-electron chi connectivity index (χ2n) is 9.23. The van der Waals surface area contributed by atoms with E-state index in [0.717, 1.165) is 35.7 Å². The van der Waals surface area contributed by atoms with Gasteiger partial charge in [0.25, 0.3) is 0 Å². The molecule has 1 saturated carbocycles. The molecule has 1 aliphatic carbocycles. The molecule has 1 atom stereocenters. The van der Waals surface area contributed by atoms with Gasteiger partial charge in [-0.1, -0.05) is 52.2 Å². The first-order valence-corrected chi connectivity index (χ1v) is 11.7. The number of aryl methyl sites for hydroxylation is 1. The van der Waals surface area contributed by atoms with E-state index in [4.69, 9.17) is 4.98 Å². The van der Waals surface area contributed by atoms with Gasteiger partial charge >= 0.3 is 0 Å². The van der Waals surface area contributed by atoms with Crippen molar-refractivity contribution in [3.05, 3.63) is 46.7 Å². The van der Waals surface area contributed by atoms with E-state index in [1.54, 1.807) is 23.5 Å². The lowest BCUT2D eigenvalue weighted by molar-refractivity contribution is -0.128. The molecule has 0 saturated heterocycles. The van der Waals surface area contributed by atoms with Crippen LogP contribution in [-0.2, 0) is 11.2 Å². The van der Waals surface area contributed by atoms with Gasteiger partial charge in [0, 0.05) is 22.8 Å². The van der Waals surface area contributed by atoms with E-state index in [9.17, 15) is 9.18 Å². The average Bonchev–Trinajstić information content (AvgIpc) is 3.13. The van der Waals surface area contributed by atoms with Crippen LogP contribution in [-0.4, -0.2) is 16.8 Å². The predicted molar refractivity (Wildman–Crippen MR) is 119 cm³/mol. The van der Waals surface area contributed by atoms with Gasteiger partial charge in [-0.25, -0.2) is 9.37 Å². The van der Waals surface area contributed by atoms with Crippen molar-refractivity contribution in [1.29, 1.82) is 0 Å². The number of anilines is 1. The molecule has 1 N–H and O–H groups in total. The second-order valence-corrected chi connectivity index (χ2v) is 10.1. The highest BCUT2D eigenvalue weighted by atomic mass is 32.1. The van der Waals surface area contributed by atoms with E-state index in [1.807, 2.05) is 20.8 Å². The van der Waals surface area contributed by atoms with E-state index in [-0.39, 0.29) is 17.5 Å². The second kappa shape index (κ2) is 9.84. The zero-order valence-electron chi connectivity index (χ0n) is 17.8. The van der Waals surface area contributed by atoms with Crippen LogP contribution in [0.25, 0.3) is 0 Å². The Morgan fingerprint density at radius 2 is 1.90 bits per heavy atom. The standard InChI is InChI=1S/C24H33FN2OS/c1-24(2,3)22(28)21(17-12-14-18(25)15-13-17)11-7-10-20-16-29-23(27-20)26-19-8-5-4-6-9-19/h12-16,19,21H,4-11H2,1-3H3,(H,26,27). The van der Waals surface area contributed by atoms with Crippen LogP contribution in [0, 0.1) is 11.2 Å². The van der Waals surface area contributed by atoms with E-state index in [1.165, 1.54) is 44.2 Å². The Morgan fingerprint density at radius 1 is 1.21 bits per heavy atom. The van der Waals surface area contributed by atoms with Gasteiger partial charge in [0.2, 0.25) is 0 Å². The zero-order chi connectivity index (χ0) is 20.9. The minimum Gasteiger partial charge on any atom is -0.359 e. The third-order valence-electron chi connectivity index (χ3n) is 5.74. The van der Waals surface area contributed by atoms with Crippen LogP contribution < -0.4 is 5.32 Å². The molecule has 3 rings (SSSR count). The Morgan fingerprint density at radius 3 is 2.55 bits per heavy atom. The highest BCUT2D eigenvalue weighted by Crippen LogP contribution is 2.32. The van der Waals surface area contributed by atoms with Crippen LogP contribution in [0.15, 0.2) is 29.6 Å². The number of carbonyl (C=O) groups is 1. The van der Waals surface area contributed by atoms with Crippen LogP contribution in [0.4, 0.5) is 9.52 Å². The van der Waals surface area contributed by atoms with Gasteiger partial charge in [-0.2, -0.15) is 0 Å². The number of Topliss-reactive ketones (excluding diaryl/α,β-unsaturated/α-hetero) is 1. The van der Waals surface area contributed by atoms with Crippen molar-refractivity contribution >= 4 is 22.3 Å². The van der Waals surface area contributed by atoms with Crippen LogP contribution in [0.1, 0.15) is 82.9 Å². The number of halogens is 1. The van der Waals surface area contributed by atoms with Gasteiger partial charge in [0.1, 0.15) is 11.6 Å². The molecule has 0 amide bonds. The predicted octanol–water partition coefficient (Wildman–Crippen LogP) is 6.75. The summed E-state index contributed by atoms with van der Waals surface area (Å²) < 4.78 is 13.3. The first kappa shape index (κ1) is 21.9. The molecule has 0 aliphatic heterocycles. The van der Waals surface area contributed by atoms with Gasteiger partial charge in [-0.15, -0.1) is 11.3 Å². The van der Waals surface area contributed by atoms with E-state index >= 15 is 0 Å². The van der Waals surface area contributed by atoms with Crippen molar-refractivity contribution in [3.8, 4) is 0 Å². The maximum absolute atomic E-state index is 13.3. The molecule has 1 aromatic carbocycles. The van der Waals surface area contributed by atoms with Crippen LogP contribution >= 0.6 is 11.3 Å². The normalized spacial score (nSPS) is 16.6. The minimum atomic E-state index is -0.420. The summed E-state index contributed by atoms with van der Waals surface area (Å²) in [7, 11) is 0. The molecule has 3 nitrogen and oxygen atoms in total. The summed E-state index contributed by atoms with van der Waals surface area (Å²) in [6, 6.07) is 6.95. The highest BCUT2D eigenvalue weighted by molar-refractivity contribution is 7.13. The molecule has 0 spiro atoms. The van der Waals surface area contributed by atoms with Crippen molar-refractivity contribution in [2.24, 2.45) is 5.41 Å². The first-order valence-electron chi connectivity index (χ1n) is 10.8. The molecule has 0 bridgehead atoms. The fourth-order valence-electron chi connectivity index (χ4n) is 4.06. The number of hydrogen-bond donors (Lipinski definition) is 1. The summed E-state index contributed by atoms with van der Waals surface area (Å²) >= 11 is 1.68. The van der Waals surface area contributed by atoms with Gasteiger partial charge in [-0.3, -0.25) is 4.79 Å². The first-order chi connectivity index (χ1) is 13.8.